The molecule has 1 heterocycles. The Bertz CT molecular complexity index is 292. The van der Waals surface area contributed by atoms with Gasteiger partial charge in [0.2, 0.25) is 0 Å². The number of benzene rings is 1. The predicted octanol–water partition coefficient (Wildman–Crippen LogP) is 2.27. The third-order valence-electron chi connectivity index (χ3n) is 2.89. The van der Waals surface area contributed by atoms with Crippen molar-refractivity contribution in [3.05, 3.63) is 29.8 Å². The highest BCUT2D eigenvalue weighted by Gasteiger charge is 2.27. The fourth-order valence-electron chi connectivity index (χ4n) is 1.71. The van der Waals surface area contributed by atoms with Gasteiger partial charge in [-0.2, -0.15) is 0 Å². The summed E-state index contributed by atoms with van der Waals surface area (Å²) in [6.07, 6.45) is 1.54. The van der Waals surface area contributed by atoms with Crippen LogP contribution in [0.15, 0.2) is 24.3 Å². The molecule has 1 aliphatic heterocycles. The molecule has 2 atom stereocenters. The van der Waals surface area contributed by atoms with E-state index in [1.54, 1.807) is 7.11 Å². The summed E-state index contributed by atoms with van der Waals surface area (Å²) >= 11 is 0. The van der Waals surface area contributed by atoms with Gasteiger partial charge in [0.25, 0.3) is 0 Å². The van der Waals surface area contributed by atoms with Gasteiger partial charge in [0, 0.05) is 5.92 Å². The summed E-state index contributed by atoms with van der Waals surface area (Å²) < 4.78 is 10.4. The molecule has 2 rings (SSSR count). The SMILES string of the molecule is COc1ccc(C[C@H]2CO[C@H]2C)cc1. The number of methoxy groups -OCH3 is 1. The van der Waals surface area contributed by atoms with Gasteiger partial charge in [-0.25, -0.2) is 0 Å². The van der Waals surface area contributed by atoms with Crippen LogP contribution in [0.5, 0.6) is 5.75 Å². The third-order valence-corrected chi connectivity index (χ3v) is 2.89. The second-order valence-corrected chi connectivity index (χ2v) is 3.85. The van der Waals surface area contributed by atoms with Crippen LogP contribution in [0.3, 0.4) is 0 Å². The lowest BCUT2D eigenvalue weighted by molar-refractivity contribution is -0.102. The Morgan fingerprint density at radius 1 is 1.36 bits per heavy atom. The van der Waals surface area contributed by atoms with Crippen LogP contribution < -0.4 is 4.74 Å². The highest BCUT2D eigenvalue weighted by Crippen LogP contribution is 2.24. The highest BCUT2D eigenvalue weighted by atomic mass is 16.5. The summed E-state index contributed by atoms with van der Waals surface area (Å²) in [4.78, 5) is 0. The summed E-state index contributed by atoms with van der Waals surface area (Å²) in [5.74, 6) is 1.62. The lowest BCUT2D eigenvalue weighted by Crippen LogP contribution is -2.38. The maximum Gasteiger partial charge on any atom is 0.118 e. The fraction of sp³-hybridized carbons (Fsp3) is 0.500. The topological polar surface area (TPSA) is 18.5 Å². The molecule has 0 radical (unpaired) electrons. The Morgan fingerprint density at radius 2 is 2.07 bits per heavy atom. The molecule has 76 valence electrons. The Labute approximate surface area is 84.8 Å². The van der Waals surface area contributed by atoms with Gasteiger partial charge < -0.3 is 9.47 Å². The third kappa shape index (κ3) is 1.90. The molecule has 0 bridgehead atoms. The van der Waals surface area contributed by atoms with Crippen LogP contribution >= 0.6 is 0 Å². The van der Waals surface area contributed by atoms with E-state index in [-0.39, 0.29) is 0 Å². The van der Waals surface area contributed by atoms with E-state index < -0.39 is 0 Å². The van der Waals surface area contributed by atoms with E-state index in [4.69, 9.17) is 9.47 Å². The van der Waals surface area contributed by atoms with E-state index in [1.165, 1.54) is 5.56 Å². The van der Waals surface area contributed by atoms with Crippen molar-refractivity contribution < 1.29 is 9.47 Å². The van der Waals surface area contributed by atoms with Crippen molar-refractivity contribution in [3.8, 4) is 5.75 Å². The molecule has 14 heavy (non-hydrogen) atoms. The molecule has 1 aromatic carbocycles. The van der Waals surface area contributed by atoms with Crippen molar-refractivity contribution in [2.75, 3.05) is 13.7 Å². The Hall–Kier alpha value is -1.02. The number of hydrogen-bond donors (Lipinski definition) is 0. The zero-order valence-corrected chi connectivity index (χ0v) is 8.69. The van der Waals surface area contributed by atoms with Gasteiger partial charge in [0.1, 0.15) is 5.75 Å². The van der Waals surface area contributed by atoms with Crippen LogP contribution in [0.2, 0.25) is 0 Å². The monoisotopic (exact) mass is 192 g/mol. The summed E-state index contributed by atoms with van der Waals surface area (Å²) in [7, 11) is 1.69. The first kappa shape index (κ1) is 9.53. The summed E-state index contributed by atoms with van der Waals surface area (Å²) in [6.45, 7) is 3.05. The highest BCUT2D eigenvalue weighted by molar-refractivity contribution is 5.27. The molecule has 0 amide bonds. The van der Waals surface area contributed by atoms with E-state index in [9.17, 15) is 0 Å². The van der Waals surface area contributed by atoms with Crippen molar-refractivity contribution >= 4 is 0 Å². The minimum absolute atomic E-state index is 0.428. The van der Waals surface area contributed by atoms with E-state index >= 15 is 0 Å². The van der Waals surface area contributed by atoms with Gasteiger partial charge in [-0.1, -0.05) is 12.1 Å². The van der Waals surface area contributed by atoms with Crippen molar-refractivity contribution in [2.45, 2.75) is 19.4 Å². The second kappa shape index (κ2) is 4.01. The molecule has 0 aromatic heterocycles. The lowest BCUT2D eigenvalue weighted by Gasteiger charge is -2.34. The van der Waals surface area contributed by atoms with Gasteiger partial charge in [-0.15, -0.1) is 0 Å². The van der Waals surface area contributed by atoms with Crippen LogP contribution in [0.4, 0.5) is 0 Å². The smallest absolute Gasteiger partial charge is 0.118 e. The fourth-order valence-corrected chi connectivity index (χ4v) is 1.71. The Morgan fingerprint density at radius 3 is 2.50 bits per heavy atom. The summed E-state index contributed by atoms with van der Waals surface area (Å²) in [6, 6.07) is 8.28. The molecule has 0 aliphatic carbocycles. The molecule has 1 aromatic rings. The molecule has 2 heteroatoms. The Kier molecular flexibility index (Phi) is 2.73. The number of ether oxygens (including phenoxy) is 2. The quantitative estimate of drug-likeness (QED) is 0.731. The molecular formula is C12H16O2. The normalized spacial score (nSPS) is 25.6. The zero-order valence-electron chi connectivity index (χ0n) is 8.69. The van der Waals surface area contributed by atoms with Crippen molar-refractivity contribution in [1.29, 1.82) is 0 Å². The molecular weight excluding hydrogens is 176 g/mol. The largest absolute Gasteiger partial charge is 0.497 e. The molecule has 1 aliphatic rings. The lowest BCUT2D eigenvalue weighted by atomic mass is 9.92. The van der Waals surface area contributed by atoms with Gasteiger partial charge in [-0.05, 0) is 31.0 Å². The van der Waals surface area contributed by atoms with Gasteiger partial charge in [-0.3, -0.25) is 0 Å². The molecule has 0 unspecified atom stereocenters. The molecule has 0 N–H and O–H groups in total. The van der Waals surface area contributed by atoms with E-state index in [2.05, 4.69) is 19.1 Å². The van der Waals surface area contributed by atoms with Crippen LogP contribution in [0, 0.1) is 5.92 Å². The van der Waals surface area contributed by atoms with Gasteiger partial charge in [0.15, 0.2) is 0 Å². The van der Waals surface area contributed by atoms with Gasteiger partial charge >= 0.3 is 0 Å². The van der Waals surface area contributed by atoms with Crippen molar-refractivity contribution in [1.82, 2.24) is 0 Å². The van der Waals surface area contributed by atoms with Gasteiger partial charge in [0.05, 0.1) is 19.8 Å². The molecule has 0 spiro atoms. The van der Waals surface area contributed by atoms with Crippen molar-refractivity contribution in [3.63, 3.8) is 0 Å². The molecule has 1 saturated heterocycles. The molecule has 0 saturated carbocycles. The van der Waals surface area contributed by atoms with Crippen LogP contribution in [-0.2, 0) is 11.2 Å². The number of hydrogen-bond acceptors (Lipinski definition) is 2. The maximum atomic E-state index is 5.34. The summed E-state index contributed by atoms with van der Waals surface area (Å²) in [5, 5.41) is 0. The zero-order chi connectivity index (χ0) is 9.97. The minimum atomic E-state index is 0.428. The summed E-state index contributed by atoms with van der Waals surface area (Å²) in [5.41, 5.74) is 1.37. The predicted molar refractivity (Wildman–Crippen MR) is 55.6 cm³/mol. The second-order valence-electron chi connectivity index (χ2n) is 3.85. The first-order valence-corrected chi connectivity index (χ1v) is 5.04. The number of rotatable bonds is 3. The Balaban J connectivity index is 1.96. The van der Waals surface area contributed by atoms with Crippen LogP contribution in [0.25, 0.3) is 0 Å². The average molecular weight is 192 g/mol. The minimum Gasteiger partial charge on any atom is -0.497 e. The maximum absolute atomic E-state index is 5.34. The molecule has 1 fully saturated rings. The van der Waals surface area contributed by atoms with E-state index in [0.29, 0.717) is 12.0 Å². The standard InChI is InChI=1S/C12H16O2/c1-9-11(8-14-9)7-10-3-5-12(13-2)6-4-10/h3-6,9,11H,7-8H2,1-2H3/t9-,11-/m0/s1. The van der Waals surface area contributed by atoms with Crippen LogP contribution in [0.1, 0.15) is 12.5 Å². The molecule has 2 nitrogen and oxygen atoms in total. The van der Waals surface area contributed by atoms with E-state index in [1.807, 2.05) is 12.1 Å². The first-order chi connectivity index (χ1) is 6.79. The van der Waals surface area contributed by atoms with Crippen molar-refractivity contribution in [2.24, 2.45) is 5.92 Å². The van der Waals surface area contributed by atoms with E-state index in [0.717, 1.165) is 18.8 Å². The first-order valence-electron chi connectivity index (χ1n) is 5.04. The van der Waals surface area contributed by atoms with Crippen LogP contribution in [-0.4, -0.2) is 19.8 Å². The average Bonchev–Trinajstić information content (AvgIpc) is 2.24.